The molecule has 1 aromatic heterocycles. The fourth-order valence-electron chi connectivity index (χ4n) is 4.02. The number of rotatable bonds is 3. The third-order valence-corrected chi connectivity index (χ3v) is 5.36. The monoisotopic (exact) mass is 336 g/mol. The van der Waals surface area contributed by atoms with E-state index in [1.165, 1.54) is 11.1 Å². The molecule has 2 heterocycles. The number of fused-ring (bicyclic) bond motifs is 1. The van der Waals surface area contributed by atoms with Crippen LogP contribution >= 0.6 is 0 Å². The van der Waals surface area contributed by atoms with Crippen molar-refractivity contribution in [1.29, 1.82) is 0 Å². The molecule has 130 valence electrons. The van der Waals surface area contributed by atoms with E-state index in [4.69, 9.17) is 0 Å². The van der Waals surface area contributed by atoms with E-state index < -0.39 is 0 Å². The summed E-state index contributed by atoms with van der Waals surface area (Å²) in [4.78, 5) is 25.7. The molecule has 1 atom stereocenters. The number of anilines is 1. The topological polar surface area (TPSA) is 49.3 Å². The van der Waals surface area contributed by atoms with Crippen LogP contribution < -0.4 is 4.90 Å². The summed E-state index contributed by atoms with van der Waals surface area (Å²) in [6.45, 7) is 3.29. The van der Waals surface area contributed by atoms with Gasteiger partial charge in [-0.05, 0) is 42.4 Å². The Morgan fingerprint density at radius 1 is 1.04 bits per heavy atom. The average molecular weight is 336 g/mol. The first-order valence-corrected chi connectivity index (χ1v) is 9.19. The van der Waals surface area contributed by atoms with Crippen molar-refractivity contribution in [3.05, 3.63) is 53.9 Å². The summed E-state index contributed by atoms with van der Waals surface area (Å²) in [5.74, 6) is 1.44. The molecule has 1 aliphatic carbocycles. The lowest BCUT2D eigenvalue weighted by Gasteiger charge is -2.23. The first-order chi connectivity index (χ1) is 12.3. The van der Waals surface area contributed by atoms with Gasteiger partial charge >= 0.3 is 0 Å². The van der Waals surface area contributed by atoms with Gasteiger partial charge in [-0.3, -0.25) is 4.79 Å². The van der Waals surface area contributed by atoms with E-state index in [0.717, 1.165) is 51.4 Å². The molecule has 5 heteroatoms. The van der Waals surface area contributed by atoms with Crippen molar-refractivity contribution in [3.63, 3.8) is 0 Å². The minimum atomic E-state index is 0.289. The number of hydrogen-bond donors (Lipinski definition) is 0. The van der Waals surface area contributed by atoms with Gasteiger partial charge in [0.15, 0.2) is 0 Å². The van der Waals surface area contributed by atoms with E-state index in [0.29, 0.717) is 12.3 Å². The summed E-state index contributed by atoms with van der Waals surface area (Å²) in [5.41, 5.74) is 2.80. The van der Waals surface area contributed by atoms with Crippen LogP contribution in [0.1, 0.15) is 36.3 Å². The molecule has 0 N–H and O–H groups in total. The molecule has 1 amide bonds. The van der Waals surface area contributed by atoms with Crippen molar-refractivity contribution in [2.75, 3.05) is 31.1 Å². The first-order valence-electron chi connectivity index (χ1n) is 9.19. The maximum Gasteiger partial charge on any atom is 0.225 e. The third kappa shape index (κ3) is 3.50. The zero-order valence-electron chi connectivity index (χ0n) is 14.5. The highest BCUT2D eigenvalue weighted by molar-refractivity contribution is 5.77. The van der Waals surface area contributed by atoms with E-state index >= 15 is 0 Å². The van der Waals surface area contributed by atoms with Gasteiger partial charge in [0.05, 0.1) is 0 Å². The number of nitrogens with zero attached hydrogens (tertiary/aromatic N) is 4. The maximum absolute atomic E-state index is 12.8. The van der Waals surface area contributed by atoms with Crippen LogP contribution in [0, 0.1) is 0 Å². The minimum absolute atomic E-state index is 0.289. The van der Waals surface area contributed by atoms with Gasteiger partial charge in [0.2, 0.25) is 11.9 Å². The lowest BCUT2D eigenvalue weighted by atomic mass is 9.97. The minimum Gasteiger partial charge on any atom is -0.341 e. The number of aromatic nitrogens is 2. The van der Waals surface area contributed by atoms with Crippen LogP contribution in [-0.4, -0.2) is 47.0 Å². The second-order valence-electron chi connectivity index (χ2n) is 6.91. The second-order valence-corrected chi connectivity index (χ2v) is 6.91. The van der Waals surface area contributed by atoms with Crippen LogP contribution in [0.15, 0.2) is 42.7 Å². The molecule has 25 heavy (non-hydrogen) atoms. The number of amides is 1. The van der Waals surface area contributed by atoms with Crippen molar-refractivity contribution >= 4 is 11.9 Å². The van der Waals surface area contributed by atoms with Crippen LogP contribution in [0.3, 0.4) is 0 Å². The van der Waals surface area contributed by atoms with E-state index in [9.17, 15) is 4.79 Å². The predicted molar refractivity (Wildman–Crippen MR) is 97.6 cm³/mol. The molecule has 0 saturated carbocycles. The van der Waals surface area contributed by atoms with Gasteiger partial charge in [0, 0.05) is 45.0 Å². The Morgan fingerprint density at radius 3 is 2.76 bits per heavy atom. The van der Waals surface area contributed by atoms with Crippen molar-refractivity contribution < 1.29 is 4.79 Å². The van der Waals surface area contributed by atoms with Crippen molar-refractivity contribution in [3.8, 4) is 0 Å². The molecule has 2 aliphatic rings. The number of aryl methyl sites for hydroxylation is 1. The zero-order valence-corrected chi connectivity index (χ0v) is 14.5. The lowest BCUT2D eigenvalue weighted by Crippen LogP contribution is -2.36. The highest BCUT2D eigenvalue weighted by Crippen LogP contribution is 2.35. The normalized spacial score (nSPS) is 20.2. The molecular weight excluding hydrogens is 312 g/mol. The predicted octanol–water partition coefficient (Wildman–Crippen LogP) is 2.64. The SMILES string of the molecule is O=C(C[C@H]1CCc2ccccc21)N1CCCN(c2ncccn2)CC1. The Balaban J connectivity index is 1.37. The van der Waals surface area contributed by atoms with E-state index in [1.54, 1.807) is 12.4 Å². The standard InChI is InChI=1S/C20H24N4O/c25-19(15-17-8-7-16-5-1-2-6-18(16)17)23-11-4-12-24(14-13-23)20-21-9-3-10-22-20/h1-3,5-6,9-10,17H,4,7-8,11-15H2/t17-/m1/s1. The fraction of sp³-hybridized carbons (Fsp3) is 0.450. The van der Waals surface area contributed by atoms with Crippen LogP contribution in [-0.2, 0) is 11.2 Å². The van der Waals surface area contributed by atoms with Crippen molar-refractivity contribution in [2.45, 2.75) is 31.6 Å². The Bertz CT molecular complexity index is 733. The van der Waals surface area contributed by atoms with E-state index in [-0.39, 0.29) is 5.91 Å². The molecular formula is C20H24N4O. The van der Waals surface area contributed by atoms with E-state index in [2.05, 4.69) is 39.1 Å². The summed E-state index contributed by atoms with van der Waals surface area (Å²) in [6.07, 6.45) is 7.35. The molecule has 1 fully saturated rings. The zero-order chi connectivity index (χ0) is 17.1. The molecule has 0 spiro atoms. The second kappa shape index (κ2) is 7.21. The van der Waals surface area contributed by atoms with Crippen LogP contribution in [0.4, 0.5) is 5.95 Å². The number of hydrogen-bond acceptors (Lipinski definition) is 4. The molecule has 1 aliphatic heterocycles. The number of carbonyl (C=O) groups excluding carboxylic acids is 1. The highest BCUT2D eigenvalue weighted by Gasteiger charge is 2.27. The van der Waals surface area contributed by atoms with Gasteiger partial charge in [-0.25, -0.2) is 9.97 Å². The van der Waals surface area contributed by atoms with Gasteiger partial charge < -0.3 is 9.80 Å². The molecule has 4 rings (SSSR count). The average Bonchev–Trinajstić information content (AvgIpc) is 2.90. The van der Waals surface area contributed by atoms with E-state index in [1.807, 2.05) is 11.0 Å². The number of benzene rings is 1. The Labute approximate surface area is 148 Å². The highest BCUT2D eigenvalue weighted by atomic mass is 16.2. The summed E-state index contributed by atoms with van der Waals surface area (Å²) in [7, 11) is 0. The van der Waals surface area contributed by atoms with Crippen LogP contribution in [0.5, 0.6) is 0 Å². The smallest absolute Gasteiger partial charge is 0.225 e. The van der Waals surface area contributed by atoms with Gasteiger partial charge in [0.1, 0.15) is 0 Å². The molecule has 1 saturated heterocycles. The molecule has 0 unspecified atom stereocenters. The van der Waals surface area contributed by atoms with Crippen LogP contribution in [0.2, 0.25) is 0 Å². The number of carbonyl (C=O) groups is 1. The summed E-state index contributed by atoms with van der Waals surface area (Å²) < 4.78 is 0. The first kappa shape index (κ1) is 16.1. The quantitative estimate of drug-likeness (QED) is 0.864. The largest absolute Gasteiger partial charge is 0.341 e. The molecule has 2 aromatic rings. The fourth-order valence-corrected chi connectivity index (χ4v) is 4.02. The molecule has 1 aromatic carbocycles. The summed E-state index contributed by atoms with van der Waals surface area (Å²) in [5, 5.41) is 0. The summed E-state index contributed by atoms with van der Waals surface area (Å²) in [6, 6.07) is 10.4. The van der Waals surface area contributed by atoms with Gasteiger partial charge in [-0.1, -0.05) is 24.3 Å². The maximum atomic E-state index is 12.8. The van der Waals surface area contributed by atoms with Gasteiger partial charge in [-0.2, -0.15) is 0 Å². The lowest BCUT2D eigenvalue weighted by molar-refractivity contribution is -0.131. The van der Waals surface area contributed by atoms with Gasteiger partial charge in [0.25, 0.3) is 0 Å². The Hall–Kier alpha value is -2.43. The molecule has 0 bridgehead atoms. The Morgan fingerprint density at radius 2 is 1.88 bits per heavy atom. The van der Waals surface area contributed by atoms with Crippen molar-refractivity contribution in [2.24, 2.45) is 0 Å². The Kier molecular flexibility index (Phi) is 4.63. The van der Waals surface area contributed by atoms with Gasteiger partial charge in [-0.15, -0.1) is 0 Å². The molecule has 0 radical (unpaired) electrons. The summed E-state index contributed by atoms with van der Waals surface area (Å²) >= 11 is 0. The third-order valence-electron chi connectivity index (χ3n) is 5.36. The van der Waals surface area contributed by atoms with Crippen molar-refractivity contribution in [1.82, 2.24) is 14.9 Å². The molecule has 5 nitrogen and oxygen atoms in total. The van der Waals surface area contributed by atoms with Crippen LogP contribution in [0.25, 0.3) is 0 Å².